The van der Waals surface area contributed by atoms with Crippen molar-refractivity contribution in [2.75, 3.05) is 0 Å². The van der Waals surface area contributed by atoms with Gasteiger partial charge in [0, 0.05) is 30.7 Å². The highest BCUT2D eigenvalue weighted by Gasteiger charge is 2.21. The maximum absolute atomic E-state index is 11.1. The minimum absolute atomic E-state index is 0.418. The molecule has 0 aromatic rings. The average molecular weight is 203 g/mol. The molecule has 80 valence electrons. The van der Waals surface area contributed by atoms with Crippen LogP contribution in [-0.4, -0.2) is 12.0 Å². The van der Waals surface area contributed by atoms with E-state index in [1.807, 2.05) is 12.3 Å². The number of Topliss-reactive ketones (excluding diaryl/α,β-unsaturated/α-hetero) is 1. The molecule has 0 saturated heterocycles. The second-order valence-electron chi connectivity index (χ2n) is 4.23. The van der Waals surface area contributed by atoms with Gasteiger partial charge in [0.05, 0.1) is 0 Å². The SMILES string of the molecule is O=C1CCC(C2=C/CC\C=C/C=N\2)CC1. The molecule has 2 nitrogen and oxygen atoms in total. The molecule has 0 unspecified atom stereocenters. The number of allylic oxidation sites excluding steroid dienone is 4. The van der Waals surface area contributed by atoms with E-state index in [1.54, 1.807) is 0 Å². The number of hydrogen-bond acceptors (Lipinski definition) is 2. The molecule has 0 radical (unpaired) electrons. The Balaban J connectivity index is 2.02. The number of carbonyl (C=O) groups excluding carboxylic acids is 1. The van der Waals surface area contributed by atoms with Gasteiger partial charge in [-0.1, -0.05) is 12.2 Å². The molecule has 0 atom stereocenters. The minimum Gasteiger partial charge on any atom is -0.300 e. The second-order valence-corrected chi connectivity index (χ2v) is 4.23. The first-order valence-electron chi connectivity index (χ1n) is 5.77. The largest absolute Gasteiger partial charge is 0.300 e. The zero-order chi connectivity index (χ0) is 10.5. The first-order chi connectivity index (χ1) is 7.36. The molecule has 1 fully saturated rings. The Hall–Kier alpha value is -1.18. The maximum atomic E-state index is 11.1. The molecule has 1 aliphatic heterocycles. The van der Waals surface area contributed by atoms with Gasteiger partial charge in [-0.3, -0.25) is 9.79 Å². The highest BCUT2D eigenvalue weighted by atomic mass is 16.1. The number of hydrogen-bond donors (Lipinski definition) is 0. The summed E-state index contributed by atoms with van der Waals surface area (Å²) in [6.07, 6.45) is 13.9. The smallest absolute Gasteiger partial charge is 0.132 e. The van der Waals surface area contributed by atoms with E-state index < -0.39 is 0 Å². The van der Waals surface area contributed by atoms with E-state index in [1.165, 1.54) is 5.70 Å². The van der Waals surface area contributed by atoms with Crippen LogP contribution in [0.1, 0.15) is 38.5 Å². The van der Waals surface area contributed by atoms with Crippen molar-refractivity contribution in [2.45, 2.75) is 38.5 Å². The van der Waals surface area contributed by atoms with Crippen molar-refractivity contribution in [2.24, 2.45) is 10.9 Å². The van der Waals surface area contributed by atoms with Gasteiger partial charge in [-0.15, -0.1) is 0 Å². The van der Waals surface area contributed by atoms with E-state index in [0.717, 1.165) is 38.5 Å². The van der Waals surface area contributed by atoms with Crippen LogP contribution in [0, 0.1) is 5.92 Å². The van der Waals surface area contributed by atoms with E-state index in [2.05, 4.69) is 17.1 Å². The average Bonchev–Trinajstić information content (AvgIpc) is 2.19. The molecule has 1 aliphatic carbocycles. The highest BCUT2D eigenvalue weighted by Crippen LogP contribution is 2.29. The lowest BCUT2D eigenvalue weighted by atomic mass is 9.85. The molecule has 15 heavy (non-hydrogen) atoms. The number of nitrogens with zero attached hydrogens (tertiary/aromatic N) is 1. The van der Waals surface area contributed by atoms with Crippen LogP contribution >= 0.6 is 0 Å². The van der Waals surface area contributed by atoms with Crippen LogP contribution in [0.2, 0.25) is 0 Å². The predicted molar refractivity (Wildman–Crippen MR) is 61.9 cm³/mol. The zero-order valence-electron chi connectivity index (χ0n) is 8.98. The fourth-order valence-electron chi connectivity index (χ4n) is 2.17. The number of carbonyl (C=O) groups is 1. The quantitative estimate of drug-likeness (QED) is 0.644. The minimum atomic E-state index is 0.418. The summed E-state index contributed by atoms with van der Waals surface area (Å²) < 4.78 is 0. The Morgan fingerprint density at radius 3 is 2.80 bits per heavy atom. The summed E-state index contributed by atoms with van der Waals surface area (Å²) in [4.78, 5) is 15.6. The summed E-state index contributed by atoms with van der Waals surface area (Å²) in [7, 11) is 0. The predicted octanol–water partition coefficient (Wildman–Crippen LogP) is 3.05. The standard InChI is InChI=1S/C13H17NO/c15-12-8-6-11(7-9-12)13-5-3-1-2-4-10-14-13/h2,4-5,10-11H,1,3,6-9H2/b4-2-,13-5-,14-10-. The summed E-state index contributed by atoms with van der Waals surface area (Å²) in [5.74, 6) is 0.937. The summed E-state index contributed by atoms with van der Waals surface area (Å²) in [6.45, 7) is 0. The molecule has 0 aromatic carbocycles. The van der Waals surface area contributed by atoms with Crippen molar-refractivity contribution in [1.29, 1.82) is 0 Å². The Morgan fingerprint density at radius 1 is 1.20 bits per heavy atom. The molecule has 0 spiro atoms. The van der Waals surface area contributed by atoms with Crippen molar-refractivity contribution in [3.05, 3.63) is 23.9 Å². The van der Waals surface area contributed by atoms with Crippen molar-refractivity contribution < 1.29 is 4.79 Å². The number of rotatable bonds is 1. The van der Waals surface area contributed by atoms with Gasteiger partial charge in [-0.05, 0) is 31.8 Å². The highest BCUT2D eigenvalue weighted by molar-refractivity contribution is 5.79. The molecule has 2 aliphatic rings. The molecule has 0 aromatic heterocycles. The summed E-state index contributed by atoms with van der Waals surface area (Å²) in [5, 5.41) is 0. The summed E-state index contributed by atoms with van der Waals surface area (Å²) in [6, 6.07) is 0. The van der Waals surface area contributed by atoms with Gasteiger partial charge in [-0.2, -0.15) is 0 Å². The third-order valence-corrected chi connectivity index (χ3v) is 3.09. The normalized spacial score (nSPS) is 31.2. The van der Waals surface area contributed by atoms with Gasteiger partial charge in [0.2, 0.25) is 0 Å². The van der Waals surface area contributed by atoms with Gasteiger partial charge >= 0.3 is 0 Å². The van der Waals surface area contributed by atoms with E-state index >= 15 is 0 Å². The third kappa shape index (κ3) is 2.88. The van der Waals surface area contributed by atoms with Crippen molar-refractivity contribution >= 4 is 12.0 Å². The summed E-state index contributed by atoms with van der Waals surface area (Å²) in [5.41, 5.74) is 1.20. The maximum Gasteiger partial charge on any atom is 0.132 e. The Morgan fingerprint density at radius 2 is 2.00 bits per heavy atom. The van der Waals surface area contributed by atoms with Crippen LogP contribution in [0.3, 0.4) is 0 Å². The fourth-order valence-corrected chi connectivity index (χ4v) is 2.17. The van der Waals surface area contributed by atoms with E-state index in [-0.39, 0.29) is 0 Å². The number of aliphatic imine (C=N–C) groups is 1. The number of ketones is 1. The van der Waals surface area contributed by atoms with Gasteiger partial charge in [-0.25, -0.2) is 0 Å². The molecule has 2 heteroatoms. The van der Waals surface area contributed by atoms with Crippen LogP contribution in [0.15, 0.2) is 28.9 Å². The van der Waals surface area contributed by atoms with Gasteiger partial charge in [0.1, 0.15) is 5.78 Å². The van der Waals surface area contributed by atoms with E-state index in [0.29, 0.717) is 11.7 Å². The molecule has 0 N–H and O–H groups in total. The van der Waals surface area contributed by atoms with Gasteiger partial charge in [0.25, 0.3) is 0 Å². The van der Waals surface area contributed by atoms with Crippen LogP contribution in [0.25, 0.3) is 0 Å². The summed E-state index contributed by atoms with van der Waals surface area (Å²) >= 11 is 0. The molecule has 1 saturated carbocycles. The van der Waals surface area contributed by atoms with Crippen molar-refractivity contribution in [1.82, 2.24) is 0 Å². The monoisotopic (exact) mass is 203 g/mol. The lowest BCUT2D eigenvalue weighted by molar-refractivity contribution is -0.120. The molecular weight excluding hydrogens is 186 g/mol. The van der Waals surface area contributed by atoms with Crippen LogP contribution in [-0.2, 0) is 4.79 Å². The molecule has 0 bridgehead atoms. The molecular formula is C13H17NO. The first-order valence-corrected chi connectivity index (χ1v) is 5.77. The molecule has 0 amide bonds. The third-order valence-electron chi connectivity index (χ3n) is 3.09. The first kappa shape index (κ1) is 10.3. The Kier molecular flexibility index (Phi) is 3.49. The van der Waals surface area contributed by atoms with Crippen LogP contribution in [0.5, 0.6) is 0 Å². The lowest BCUT2D eigenvalue weighted by Gasteiger charge is -2.21. The topological polar surface area (TPSA) is 29.4 Å². The lowest BCUT2D eigenvalue weighted by Crippen LogP contribution is -2.15. The van der Waals surface area contributed by atoms with Gasteiger partial charge < -0.3 is 0 Å². The van der Waals surface area contributed by atoms with Crippen molar-refractivity contribution in [3.63, 3.8) is 0 Å². The van der Waals surface area contributed by atoms with Gasteiger partial charge in [0.15, 0.2) is 0 Å². The van der Waals surface area contributed by atoms with E-state index in [4.69, 9.17) is 0 Å². The fraction of sp³-hybridized carbons (Fsp3) is 0.538. The second kappa shape index (κ2) is 5.06. The zero-order valence-corrected chi connectivity index (χ0v) is 8.98. The Bertz CT molecular complexity index is 315. The van der Waals surface area contributed by atoms with E-state index in [9.17, 15) is 4.79 Å². The van der Waals surface area contributed by atoms with Crippen molar-refractivity contribution in [3.8, 4) is 0 Å². The molecule has 1 heterocycles. The Labute approximate surface area is 90.8 Å². The molecule has 2 rings (SSSR count). The van der Waals surface area contributed by atoms with Crippen LogP contribution < -0.4 is 0 Å². The van der Waals surface area contributed by atoms with Crippen LogP contribution in [0.4, 0.5) is 0 Å².